The Morgan fingerprint density at radius 2 is 2.00 bits per heavy atom. The standard InChI is InChI=1S/C11H15NO2/c1-6(2)9-7(3)4-5-8(10(9)13)11(12)14/h4-6,13H,1-3H3,(H2,12,14). The Hall–Kier alpha value is -1.51. The van der Waals surface area contributed by atoms with E-state index < -0.39 is 5.91 Å². The normalized spacial score (nSPS) is 10.6. The number of carbonyl (C=O) groups excluding carboxylic acids is 1. The van der Waals surface area contributed by atoms with E-state index in [0.717, 1.165) is 11.1 Å². The molecule has 3 N–H and O–H groups in total. The van der Waals surface area contributed by atoms with Gasteiger partial charge in [0, 0.05) is 5.56 Å². The Balaban J connectivity index is 3.41. The molecule has 0 aliphatic carbocycles. The van der Waals surface area contributed by atoms with Crippen molar-refractivity contribution < 1.29 is 9.90 Å². The summed E-state index contributed by atoms with van der Waals surface area (Å²) < 4.78 is 0. The predicted molar refractivity (Wildman–Crippen MR) is 55.5 cm³/mol. The van der Waals surface area contributed by atoms with Gasteiger partial charge in [0.2, 0.25) is 0 Å². The van der Waals surface area contributed by atoms with Crippen LogP contribution in [-0.2, 0) is 0 Å². The fraction of sp³-hybridized carbons (Fsp3) is 0.364. The predicted octanol–water partition coefficient (Wildman–Crippen LogP) is 1.92. The highest BCUT2D eigenvalue weighted by Crippen LogP contribution is 2.31. The maximum Gasteiger partial charge on any atom is 0.252 e. The fourth-order valence-electron chi connectivity index (χ4n) is 1.64. The summed E-state index contributed by atoms with van der Waals surface area (Å²) in [7, 11) is 0. The first-order valence-electron chi connectivity index (χ1n) is 4.57. The van der Waals surface area contributed by atoms with Gasteiger partial charge in [0.05, 0.1) is 5.56 Å². The molecule has 0 spiro atoms. The van der Waals surface area contributed by atoms with Crippen molar-refractivity contribution in [2.75, 3.05) is 0 Å². The van der Waals surface area contributed by atoms with Crippen LogP contribution < -0.4 is 5.73 Å². The zero-order valence-electron chi connectivity index (χ0n) is 8.66. The average molecular weight is 193 g/mol. The van der Waals surface area contributed by atoms with Crippen LogP contribution in [0.3, 0.4) is 0 Å². The lowest BCUT2D eigenvalue weighted by atomic mass is 9.94. The topological polar surface area (TPSA) is 63.3 Å². The van der Waals surface area contributed by atoms with Crippen LogP contribution in [0, 0.1) is 6.92 Å². The van der Waals surface area contributed by atoms with Gasteiger partial charge in [-0.1, -0.05) is 19.9 Å². The summed E-state index contributed by atoms with van der Waals surface area (Å²) in [5.74, 6) is -0.397. The molecule has 0 fully saturated rings. The summed E-state index contributed by atoms with van der Waals surface area (Å²) in [5, 5.41) is 9.81. The lowest BCUT2D eigenvalue weighted by Crippen LogP contribution is -2.12. The summed E-state index contributed by atoms with van der Waals surface area (Å²) in [5.41, 5.74) is 7.10. The zero-order valence-corrected chi connectivity index (χ0v) is 8.66. The zero-order chi connectivity index (χ0) is 10.9. The second kappa shape index (κ2) is 3.70. The van der Waals surface area contributed by atoms with E-state index in [2.05, 4.69) is 0 Å². The fourth-order valence-corrected chi connectivity index (χ4v) is 1.64. The van der Waals surface area contributed by atoms with E-state index in [-0.39, 0.29) is 17.2 Å². The van der Waals surface area contributed by atoms with Crippen molar-refractivity contribution in [3.05, 3.63) is 28.8 Å². The van der Waals surface area contributed by atoms with Gasteiger partial charge in [-0.05, 0) is 24.5 Å². The molecule has 0 heterocycles. The average Bonchev–Trinajstić information content (AvgIpc) is 2.02. The molecule has 1 amide bonds. The van der Waals surface area contributed by atoms with Gasteiger partial charge in [0.1, 0.15) is 5.75 Å². The van der Waals surface area contributed by atoms with Crippen molar-refractivity contribution in [3.8, 4) is 5.75 Å². The number of nitrogens with two attached hydrogens (primary N) is 1. The van der Waals surface area contributed by atoms with E-state index in [1.165, 1.54) is 0 Å². The number of rotatable bonds is 2. The molecule has 0 bridgehead atoms. The maximum atomic E-state index is 11.0. The molecule has 14 heavy (non-hydrogen) atoms. The third-order valence-corrected chi connectivity index (χ3v) is 2.28. The van der Waals surface area contributed by atoms with Gasteiger partial charge in [-0.15, -0.1) is 0 Å². The molecule has 0 aliphatic rings. The molecule has 0 saturated heterocycles. The van der Waals surface area contributed by atoms with Crippen LogP contribution in [0.4, 0.5) is 0 Å². The minimum Gasteiger partial charge on any atom is -0.507 e. The number of aryl methyl sites for hydroxylation is 1. The SMILES string of the molecule is Cc1ccc(C(N)=O)c(O)c1C(C)C. The van der Waals surface area contributed by atoms with Crippen LogP contribution in [0.2, 0.25) is 0 Å². The molecule has 1 aromatic carbocycles. The molecule has 0 atom stereocenters. The Labute approximate surface area is 83.6 Å². The van der Waals surface area contributed by atoms with Crippen LogP contribution in [0.5, 0.6) is 5.75 Å². The molecule has 1 rings (SSSR count). The third kappa shape index (κ3) is 1.71. The van der Waals surface area contributed by atoms with Crippen LogP contribution >= 0.6 is 0 Å². The van der Waals surface area contributed by atoms with Gasteiger partial charge < -0.3 is 10.8 Å². The lowest BCUT2D eigenvalue weighted by Gasteiger charge is -2.13. The molecule has 3 nitrogen and oxygen atoms in total. The number of amides is 1. The van der Waals surface area contributed by atoms with Gasteiger partial charge in [-0.2, -0.15) is 0 Å². The number of phenols is 1. The van der Waals surface area contributed by atoms with E-state index in [1.807, 2.05) is 20.8 Å². The van der Waals surface area contributed by atoms with Crippen LogP contribution in [-0.4, -0.2) is 11.0 Å². The summed E-state index contributed by atoms with van der Waals surface area (Å²) in [6.45, 7) is 5.83. The Bertz CT molecular complexity index is 370. The van der Waals surface area contributed by atoms with Crippen molar-refractivity contribution in [3.63, 3.8) is 0 Å². The summed E-state index contributed by atoms with van der Waals surface area (Å²) in [6.07, 6.45) is 0. The third-order valence-electron chi connectivity index (χ3n) is 2.28. The summed E-state index contributed by atoms with van der Waals surface area (Å²) in [6, 6.07) is 3.36. The number of hydrogen-bond donors (Lipinski definition) is 2. The smallest absolute Gasteiger partial charge is 0.252 e. The lowest BCUT2D eigenvalue weighted by molar-refractivity contribution is 0.0997. The molecule has 0 saturated carbocycles. The van der Waals surface area contributed by atoms with Gasteiger partial charge in [0.25, 0.3) is 5.91 Å². The summed E-state index contributed by atoms with van der Waals surface area (Å²) >= 11 is 0. The molecule has 1 aromatic rings. The van der Waals surface area contributed by atoms with E-state index in [0.29, 0.717) is 0 Å². The van der Waals surface area contributed by atoms with E-state index >= 15 is 0 Å². The first-order valence-corrected chi connectivity index (χ1v) is 4.57. The van der Waals surface area contributed by atoms with Gasteiger partial charge in [-0.3, -0.25) is 4.79 Å². The molecule has 76 valence electrons. The van der Waals surface area contributed by atoms with Crippen molar-refractivity contribution in [1.82, 2.24) is 0 Å². The van der Waals surface area contributed by atoms with Crippen molar-refractivity contribution >= 4 is 5.91 Å². The summed E-state index contributed by atoms with van der Waals surface area (Å²) in [4.78, 5) is 11.0. The number of aromatic hydroxyl groups is 1. The molecular formula is C11H15NO2. The van der Waals surface area contributed by atoms with Gasteiger partial charge in [0.15, 0.2) is 0 Å². The molecule has 0 aromatic heterocycles. The Morgan fingerprint density at radius 1 is 1.43 bits per heavy atom. The number of hydrogen-bond acceptors (Lipinski definition) is 2. The minimum absolute atomic E-state index is 0.0208. The Kier molecular flexibility index (Phi) is 2.79. The number of benzene rings is 1. The monoisotopic (exact) mass is 193 g/mol. The largest absolute Gasteiger partial charge is 0.507 e. The van der Waals surface area contributed by atoms with Crippen LogP contribution in [0.15, 0.2) is 12.1 Å². The van der Waals surface area contributed by atoms with E-state index in [1.54, 1.807) is 12.1 Å². The molecule has 3 heteroatoms. The Morgan fingerprint density at radius 3 is 2.43 bits per heavy atom. The first kappa shape index (κ1) is 10.6. The molecule has 0 radical (unpaired) electrons. The highest BCUT2D eigenvalue weighted by Gasteiger charge is 2.15. The van der Waals surface area contributed by atoms with Crippen LogP contribution in [0.25, 0.3) is 0 Å². The second-order valence-corrected chi connectivity index (χ2v) is 3.71. The molecule has 0 unspecified atom stereocenters. The van der Waals surface area contributed by atoms with Gasteiger partial charge in [-0.25, -0.2) is 0 Å². The van der Waals surface area contributed by atoms with Gasteiger partial charge >= 0.3 is 0 Å². The number of carbonyl (C=O) groups is 1. The van der Waals surface area contributed by atoms with E-state index in [4.69, 9.17) is 5.73 Å². The van der Waals surface area contributed by atoms with Crippen LogP contribution in [0.1, 0.15) is 41.3 Å². The number of primary amides is 1. The maximum absolute atomic E-state index is 11.0. The molecular weight excluding hydrogens is 178 g/mol. The van der Waals surface area contributed by atoms with E-state index in [9.17, 15) is 9.90 Å². The quantitative estimate of drug-likeness (QED) is 0.753. The van der Waals surface area contributed by atoms with Crippen molar-refractivity contribution in [2.24, 2.45) is 5.73 Å². The molecule has 0 aliphatic heterocycles. The second-order valence-electron chi connectivity index (χ2n) is 3.71. The first-order chi connectivity index (χ1) is 6.45. The minimum atomic E-state index is -0.593. The van der Waals surface area contributed by atoms with Crippen molar-refractivity contribution in [1.29, 1.82) is 0 Å². The highest BCUT2D eigenvalue weighted by molar-refractivity contribution is 5.96. The van der Waals surface area contributed by atoms with Crippen molar-refractivity contribution in [2.45, 2.75) is 26.7 Å². The highest BCUT2D eigenvalue weighted by atomic mass is 16.3.